The van der Waals surface area contributed by atoms with Crippen molar-refractivity contribution in [3.05, 3.63) is 105 Å². The Morgan fingerprint density at radius 3 is 2.40 bits per heavy atom. The Morgan fingerprint density at radius 1 is 0.971 bits per heavy atom. The van der Waals surface area contributed by atoms with Gasteiger partial charge in [0.1, 0.15) is 17.1 Å². The predicted octanol–water partition coefficient (Wildman–Crippen LogP) is 3.63. The quantitative estimate of drug-likeness (QED) is 0.341. The number of aromatic hydroxyl groups is 1. The van der Waals surface area contributed by atoms with Gasteiger partial charge in [0.05, 0.1) is 35.1 Å². The van der Waals surface area contributed by atoms with Crippen LogP contribution in [0, 0.1) is 5.92 Å². The average Bonchev–Trinajstić information content (AvgIpc) is 2.87. The summed E-state index contributed by atoms with van der Waals surface area (Å²) in [5.41, 5.74) is -0.00546. The summed E-state index contributed by atoms with van der Waals surface area (Å²) >= 11 is 0. The van der Waals surface area contributed by atoms with E-state index in [4.69, 9.17) is 13.9 Å². The molecule has 1 aliphatic heterocycles. The number of carbonyl (C=O) groups excluding carboxylic acids is 2. The molecule has 0 spiro atoms. The van der Waals surface area contributed by atoms with E-state index >= 15 is 0 Å². The van der Waals surface area contributed by atoms with E-state index in [0.29, 0.717) is 5.56 Å². The number of ketones is 1. The minimum absolute atomic E-state index is 0.177. The zero-order valence-electron chi connectivity index (χ0n) is 18.5. The summed E-state index contributed by atoms with van der Waals surface area (Å²) in [6.45, 7) is 0. The number of aliphatic hydroxyl groups excluding tert-OH is 1. The molecular weight excluding hydrogens is 452 g/mol. The molecule has 4 aromatic rings. The van der Waals surface area contributed by atoms with Crippen molar-refractivity contribution < 1.29 is 33.7 Å². The van der Waals surface area contributed by atoms with Crippen LogP contribution in [0.4, 0.5) is 0 Å². The van der Waals surface area contributed by atoms with Crippen molar-refractivity contribution >= 4 is 22.7 Å². The van der Waals surface area contributed by atoms with Gasteiger partial charge in [0.2, 0.25) is 6.29 Å². The van der Waals surface area contributed by atoms with E-state index in [2.05, 4.69) is 0 Å². The molecule has 0 saturated heterocycles. The highest BCUT2D eigenvalue weighted by atomic mass is 16.6. The van der Waals surface area contributed by atoms with Gasteiger partial charge < -0.3 is 24.1 Å². The van der Waals surface area contributed by atoms with E-state index in [-0.39, 0.29) is 39.2 Å². The summed E-state index contributed by atoms with van der Waals surface area (Å²) in [6.07, 6.45) is -1.62. The zero-order valence-corrected chi connectivity index (χ0v) is 18.5. The molecule has 2 heterocycles. The second-order valence-corrected chi connectivity index (χ2v) is 8.13. The lowest BCUT2D eigenvalue weighted by molar-refractivity contribution is -0.0634. The summed E-state index contributed by atoms with van der Waals surface area (Å²) in [5, 5.41) is 22.4. The first-order valence-corrected chi connectivity index (χ1v) is 10.8. The number of para-hydroxylation sites is 2. The lowest BCUT2D eigenvalue weighted by atomic mass is 9.75. The number of Topliss-reactive ketones (excluding diaryl/α,β-unsaturated/α-hetero) is 1. The highest BCUT2D eigenvalue weighted by molar-refractivity contribution is 6.02. The van der Waals surface area contributed by atoms with Gasteiger partial charge in [-0.1, -0.05) is 36.4 Å². The number of aliphatic hydroxyl groups is 1. The monoisotopic (exact) mass is 472 g/mol. The van der Waals surface area contributed by atoms with E-state index in [0.717, 1.165) is 0 Å². The first-order valence-electron chi connectivity index (χ1n) is 10.8. The summed E-state index contributed by atoms with van der Waals surface area (Å²) in [7, 11) is 1.25. The molecule has 0 fully saturated rings. The van der Waals surface area contributed by atoms with Crippen molar-refractivity contribution in [3.63, 3.8) is 0 Å². The molecule has 0 radical (unpaired) electrons. The Kier molecular flexibility index (Phi) is 5.58. The number of fused-ring (bicyclic) bond motifs is 2. The molecule has 176 valence electrons. The topological polar surface area (TPSA) is 123 Å². The van der Waals surface area contributed by atoms with Crippen molar-refractivity contribution in [1.29, 1.82) is 0 Å². The number of hydrogen-bond donors (Lipinski definition) is 2. The third-order valence-electron chi connectivity index (χ3n) is 6.19. The minimum atomic E-state index is -1.62. The van der Waals surface area contributed by atoms with E-state index in [1.807, 2.05) is 0 Å². The van der Waals surface area contributed by atoms with Gasteiger partial charge in [-0.15, -0.1) is 0 Å². The molecule has 35 heavy (non-hydrogen) atoms. The molecule has 8 nitrogen and oxygen atoms in total. The number of rotatable bonds is 4. The molecule has 0 bridgehead atoms. The third-order valence-corrected chi connectivity index (χ3v) is 6.19. The maximum absolute atomic E-state index is 13.6. The molecule has 8 heteroatoms. The van der Waals surface area contributed by atoms with Crippen LogP contribution >= 0.6 is 0 Å². The fourth-order valence-corrected chi connectivity index (χ4v) is 4.52. The van der Waals surface area contributed by atoms with E-state index < -0.39 is 35.5 Å². The smallest absolute Gasteiger partial charge is 0.343 e. The summed E-state index contributed by atoms with van der Waals surface area (Å²) < 4.78 is 15.8. The summed E-state index contributed by atoms with van der Waals surface area (Å²) in [4.78, 5) is 38.7. The fourth-order valence-electron chi connectivity index (χ4n) is 4.52. The largest absolute Gasteiger partial charge is 0.507 e. The molecule has 5 rings (SSSR count). The van der Waals surface area contributed by atoms with Crippen LogP contribution in [0.5, 0.6) is 11.5 Å². The maximum Gasteiger partial charge on any atom is 0.343 e. The van der Waals surface area contributed by atoms with Crippen LogP contribution in [0.1, 0.15) is 37.8 Å². The number of ether oxygens (including phenoxy) is 2. The zero-order chi connectivity index (χ0) is 24.7. The molecule has 2 N–H and O–H groups in total. The molecule has 3 aromatic carbocycles. The Balaban J connectivity index is 1.74. The third kappa shape index (κ3) is 3.74. The van der Waals surface area contributed by atoms with Crippen LogP contribution in [0.15, 0.2) is 82.0 Å². The molecular formula is C27H20O8. The fraction of sp³-hybridized carbons (Fsp3) is 0.148. The Labute approximate surface area is 199 Å². The standard InChI is InChI=1S/C27H20O8/c1-33-25(30)15-12-10-14(11-13-15)20(21-23(28)16-6-2-4-8-18(16)34-26(21)31)22-24(29)17-7-3-5-9-19(17)35-27(22)32/h2-13,20-21,26,29,31H,1H3. The number of hydrogen-bond acceptors (Lipinski definition) is 8. The van der Waals surface area contributed by atoms with Crippen LogP contribution in [-0.4, -0.2) is 35.4 Å². The van der Waals surface area contributed by atoms with Crippen molar-refractivity contribution in [2.75, 3.05) is 7.11 Å². The lowest BCUT2D eigenvalue weighted by Gasteiger charge is -2.34. The second kappa shape index (κ2) is 8.73. The first kappa shape index (κ1) is 22.4. The van der Waals surface area contributed by atoms with Gasteiger partial charge in [-0.2, -0.15) is 0 Å². The van der Waals surface area contributed by atoms with Gasteiger partial charge in [0.15, 0.2) is 5.78 Å². The second-order valence-electron chi connectivity index (χ2n) is 8.13. The Bertz CT molecular complexity index is 1500. The van der Waals surface area contributed by atoms with Crippen molar-refractivity contribution in [2.24, 2.45) is 5.92 Å². The van der Waals surface area contributed by atoms with E-state index in [9.17, 15) is 24.6 Å². The Hall–Kier alpha value is -4.43. The van der Waals surface area contributed by atoms with Crippen LogP contribution in [0.3, 0.4) is 0 Å². The van der Waals surface area contributed by atoms with Gasteiger partial charge >= 0.3 is 11.6 Å². The highest BCUT2D eigenvalue weighted by Crippen LogP contribution is 2.44. The number of benzene rings is 3. The van der Waals surface area contributed by atoms with Gasteiger partial charge in [0.25, 0.3) is 0 Å². The first-order chi connectivity index (χ1) is 16.9. The highest BCUT2D eigenvalue weighted by Gasteiger charge is 2.45. The summed E-state index contributed by atoms with van der Waals surface area (Å²) in [6, 6.07) is 18.9. The lowest BCUT2D eigenvalue weighted by Crippen LogP contribution is -2.42. The SMILES string of the molecule is COC(=O)c1ccc(C(c2c(O)c3ccccc3oc2=O)C2C(=O)c3ccccc3OC2O)cc1. The van der Waals surface area contributed by atoms with Crippen LogP contribution in [0.25, 0.3) is 11.0 Å². The number of methoxy groups -OCH3 is 1. The summed E-state index contributed by atoms with van der Waals surface area (Å²) in [5.74, 6) is -3.61. The van der Waals surface area contributed by atoms with Crippen LogP contribution in [0.2, 0.25) is 0 Å². The van der Waals surface area contributed by atoms with Crippen LogP contribution in [-0.2, 0) is 4.74 Å². The van der Waals surface area contributed by atoms with E-state index in [1.54, 1.807) is 48.5 Å². The molecule has 1 aromatic heterocycles. The molecule has 0 amide bonds. The van der Waals surface area contributed by atoms with Gasteiger partial charge in [0, 0.05) is 5.92 Å². The molecule has 3 atom stereocenters. The predicted molar refractivity (Wildman–Crippen MR) is 125 cm³/mol. The van der Waals surface area contributed by atoms with Crippen LogP contribution < -0.4 is 10.4 Å². The molecule has 0 aliphatic carbocycles. The molecule has 1 aliphatic rings. The maximum atomic E-state index is 13.6. The molecule has 3 unspecified atom stereocenters. The van der Waals surface area contributed by atoms with Gasteiger partial charge in [-0.05, 0) is 42.0 Å². The average molecular weight is 472 g/mol. The molecule has 0 saturated carbocycles. The number of carbonyl (C=O) groups is 2. The van der Waals surface area contributed by atoms with Crippen molar-refractivity contribution in [2.45, 2.75) is 12.2 Å². The van der Waals surface area contributed by atoms with Crippen molar-refractivity contribution in [1.82, 2.24) is 0 Å². The Morgan fingerprint density at radius 2 is 1.66 bits per heavy atom. The number of esters is 1. The van der Waals surface area contributed by atoms with E-state index in [1.165, 1.54) is 31.4 Å². The normalized spacial score (nSPS) is 17.9. The van der Waals surface area contributed by atoms with Gasteiger partial charge in [-0.3, -0.25) is 4.79 Å². The van der Waals surface area contributed by atoms with Gasteiger partial charge in [-0.25, -0.2) is 9.59 Å². The van der Waals surface area contributed by atoms with Crippen molar-refractivity contribution in [3.8, 4) is 11.5 Å². The minimum Gasteiger partial charge on any atom is -0.507 e.